The molecule has 0 aliphatic rings. The third-order valence-corrected chi connectivity index (χ3v) is 2.28. The van der Waals surface area contributed by atoms with Crippen LogP contribution in [0.1, 0.15) is 18.9 Å². The Kier molecular flexibility index (Phi) is 4.32. The molecule has 0 saturated carbocycles. The predicted molar refractivity (Wildman–Crippen MR) is 54.8 cm³/mol. The van der Waals surface area contributed by atoms with Gasteiger partial charge in [0.2, 0.25) is 0 Å². The third-order valence-electron chi connectivity index (χ3n) is 1.72. The first-order valence-electron chi connectivity index (χ1n) is 4.35. The van der Waals surface area contributed by atoms with Gasteiger partial charge < -0.3 is 4.74 Å². The molecule has 0 heterocycles. The number of hydrogen-bond donors (Lipinski definition) is 0. The predicted octanol–water partition coefficient (Wildman–Crippen LogP) is 3.65. The van der Waals surface area contributed by atoms with Gasteiger partial charge in [-0.3, -0.25) is 0 Å². The summed E-state index contributed by atoms with van der Waals surface area (Å²) in [6.07, 6.45) is 0.809. The fourth-order valence-corrected chi connectivity index (χ4v) is 1.55. The quantitative estimate of drug-likeness (QED) is 0.755. The molecule has 0 amide bonds. The minimum absolute atomic E-state index is 0.0360. The minimum Gasteiger partial charge on any atom is -0.493 e. The van der Waals surface area contributed by atoms with E-state index in [0.717, 1.165) is 6.42 Å². The highest BCUT2D eigenvalue weighted by molar-refractivity contribution is 9.08. The Hall–Kier alpha value is -0.640. The van der Waals surface area contributed by atoms with E-state index in [4.69, 9.17) is 4.74 Å². The molecular weight excluding hydrogens is 254 g/mol. The van der Waals surface area contributed by atoms with Gasteiger partial charge in [0, 0.05) is 23.0 Å². The van der Waals surface area contributed by atoms with Crippen molar-refractivity contribution in [3.63, 3.8) is 0 Å². The molecule has 1 nitrogen and oxygen atoms in total. The molecule has 1 aromatic carbocycles. The summed E-state index contributed by atoms with van der Waals surface area (Å²) in [6, 6.07) is 2.41. The summed E-state index contributed by atoms with van der Waals surface area (Å²) in [5, 5.41) is 0.165. The van der Waals surface area contributed by atoms with E-state index in [-0.39, 0.29) is 16.6 Å². The van der Waals surface area contributed by atoms with Crippen molar-refractivity contribution >= 4 is 15.9 Å². The lowest BCUT2D eigenvalue weighted by atomic mass is 10.2. The normalized spacial score (nSPS) is 10.3. The van der Waals surface area contributed by atoms with Crippen molar-refractivity contribution in [2.75, 3.05) is 6.61 Å². The summed E-state index contributed by atoms with van der Waals surface area (Å²) < 4.78 is 31.5. The third kappa shape index (κ3) is 2.67. The maximum atomic E-state index is 13.2. The van der Waals surface area contributed by atoms with Crippen LogP contribution in [0.15, 0.2) is 12.1 Å². The van der Waals surface area contributed by atoms with E-state index < -0.39 is 11.6 Å². The van der Waals surface area contributed by atoms with Crippen LogP contribution in [0, 0.1) is 11.6 Å². The number of halogens is 3. The first-order chi connectivity index (χ1) is 6.69. The average molecular weight is 265 g/mol. The fourth-order valence-electron chi connectivity index (χ4n) is 1.01. The molecule has 14 heavy (non-hydrogen) atoms. The van der Waals surface area contributed by atoms with Gasteiger partial charge in [0.15, 0.2) is 0 Å². The molecule has 0 unspecified atom stereocenters. The monoisotopic (exact) mass is 264 g/mol. The lowest BCUT2D eigenvalue weighted by Gasteiger charge is -2.07. The summed E-state index contributed by atoms with van der Waals surface area (Å²) in [4.78, 5) is 0. The van der Waals surface area contributed by atoms with E-state index in [0.29, 0.717) is 6.61 Å². The Bertz CT molecular complexity index is 292. The Morgan fingerprint density at radius 2 is 1.86 bits per heavy atom. The van der Waals surface area contributed by atoms with E-state index in [1.54, 1.807) is 0 Å². The first-order valence-corrected chi connectivity index (χ1v) is 5.47. The summed E-state index contributed by atoms with van der Waals surface area (Å²) in [5.74, 6) is -0.910. The summed E-state index contributed by atoms with van der Waals surface area (Å²) in [7, 11) is 0. The zero-order valence-electron chi connectivity index (χ0n) is 7.82. The molecule has 0 aliphatic carbocycles. The number of benzene rings is 1. The molecule has 0 aliphatic heterocycles. The Morgan fingerprint density at radius 3 is 2.29 bits per heavy atom. The lowest BCUT2D eigenvalue weighted by molar-refractivity contribution is 0.313. The second-order valence-corrected chi connectivity index (χ2v) is 3.41. The zero-order chi connectivity index (χ0) is 10.6. The summed E-state index contributed by atoms with van der Waals surface area (Å²) >= 11 is 3.02. The summed E-state index contributed by atoms with van der Waals surface area (Å²) in [5.41, 5.74) is 0.0360. The average Bonchev–Trinajstić information content (AvgIpc) is 2.14. The molecule has 0 atom stereocenters. The second kappa shape index (κ2) is 5.29. The molecule has 0 spiro atoms. The number of ether oxygens (including phenoxy) is 1. The topological polar surface area (TPSA) is 9.23 Å². The number of alkyl halides is 1. The van der Waals surface area contributed by atoms with Crippen molar-refractivity contribution in [3.8, 4) is 5.75 Å². The largest absolute Gasteiger partial charge is 0.493 e. The van der Waals surface area contributed by atoms with Gasteiger partial charge in [0.25, 0.3) is 0 Å². The molecule has 0 bridgehead atoms. The van der Waals surface area contributed by atoms with Crippen molar-refractivity contribution in [2.45, 2.75) is 18.7 Å². The molecule has 0 aromatic heterocycles. The Balaban J connectivity index is 2.90. The van der Waals surface area contributed by atoms with Crippen LogP contribution in [-0.4, -0.2) is 6.61 Å². The van der Waals surface area contributed by atoms with Crippen molar-refractivity contribution in [1.82, 2.24) is 0 Å². The van der Waals surface area contributed by atoms with E-state index in [9.17, 15) is 8.78 Å². The van der Waals surface area contributed by atoms with Crippen LogP contribution in [-0.2, 0) is 5.33 Å². The van der Waals surface area contributed by atoms with E-state index in [1.165, 1.54) is 12.1 Å². The van der Waals surface area contributed by atoms with Gasteiger partial charge in [-0.1, -0.05) is 22.9 Å². The van der Waals surface area contributed by atoms with Gasteiger partial charge in [-0.05, 0) is 6.42 Å². The van der Waals surface area contributed by atoms with E-state index >= 15 is 0 Å². The number of rotatable bonds is 4. The first kappa shape index (κ1) is 11.4. The van der Waals surface area contributed by atoms with Crippen LogP contribution in [0.5, 0.6) is 5.75 Å². The van der Waals surface area contributed by atoms with Crippen molar-refractivity contribution in [2.24, 2.45) is 0 Å². The van der Waals surface area contributed by atoms with E-state index in [1.807, 2.05) is 6.92 Å². The van der Waals surface area contributed by atoms with Crippen LogP contribution in [0.2, 0.25) is 0 Å². The van der Waals surface area contributed by atoms with Crippen LogP contribution in [0.25, 0.3) is 0 Å². The number of hydrogen-bond acceptors (Lipinski definition) is 1. The smallest absolute Gasteiger partial charge is 0.133 e. The van der Waals surface area contributed by atoms with Gasteiger partial charge >= 0.3 is 0 Å². The van der Waals surface area contributed by atoms with Crippen LogP contribution < -0.4 is 4.74 Å². The molecule has 1 rings (SSSR count). The van der Waals surface area contributed by atoms with Crippen LogP contribution in [0.4, 0.5) is 8.78 Å². The molecule has 4 heteroatoms. The summed E-state index contributed by atoms with van der Waals surface area (Å²) in [6.45, 7) is 2.39. The van der Waals surface area contributed by atoms with Gasteiger partial charge in [-0.2, -0.15) is 0 Å². The lowest BCUT2D eigenvalue weighted by Crippen LogP contribution is -1.99. The highest BCUT2D eigenvalue weighted by atomic mass is 79.9. The minimum atomic E-state index is -0.576. The SMILES string of the molecule is CCCOc1cc(F)c(CBr)c(F)c1. The molecule has 0 N–H and O–H groups in total. The highest BCUT2D eigenvalue weighted by Crippen LogP contribution is 2.22. The van der Waals surface area contributed by atoms with Gasteiger partial charge in [0.1, 0.15) is 17.4 Å². The van der Waals surface area contributed by atoms with Crippen LogP contribution in [0.3, 0.4) is 0 Å². The fraction of sp³-hybridized carbons (Fsp3) is 0.400. The van der Waals surface area contributed by atoms with Crippen LogP contribution >= 0.6 is 15.9 Å². The second-order valence-electron chi connectivity index (χ2n) is 2.85. The van der Waals surface area contributed by atoms with Crippen molar-refractivity contribution in [1.29, 1.82) is 0 Å². The Labute approximate surface area is 90.2 Å². The van der Waals surface area contributed by atoms with Gasteiger partial charge in [-0.15, -0.1) is 0 Å². The molecular formula is C10H11BrF2O. The highest BCUT2D eigenvalue weighted by Gasteiger charge is 2.10. The van der Waals surface area contributed by atoms with E-state index in [2.05, 4.69) is 15.9 Å². The maximum absolute atomic E-state index is 13.2. The Morgan fingerprint density at radius 1 is 1.29 bits per heavy atom. The van der Waals surface area contributed by atoms with Gasteiger partial charge in [-0.25, -0.2) is 8.78 Å². The molecule has 1 aromatic rings. The molecule has 0 saturated heterocycles. The maximum Gasteiger partial charge on any atom is 0.133 e. The van der Waals surface area contributed by atoms with Crippen molar-refractivity contribution in [3.05, 3.63) is 29.3 Å². The van der Waals surface area contributed by atoms with Crippen molar-refractivity contribution < 1.29 is 13.5 Å². The molecule has 0 radical (unpaired) electrons. The van der Waals surface area contributed by atoms with Gasteiger partial charge in [0.05, 0.1) is 6.61 Å². The molecule has 0 fully saturated rings. The molecule has 78 valence electrons. The standard InChI is InChI=1S/C10H11BrF2O/c1-2-3-14-7-4-9(12)8(6-11)10(13)5-7/h4-5H,2-3,6H2,1H3. The zero-order valence-corrected chi connectivity index (χ0v) is 9.40.